The number of hydrogen-bond acceptors (Lipinski definition) is 5. The van der Waals surface area contributed by atoms with Crippen LogP contribution in [0.5, 0.6) is 0 Å². The van der Waals surface area contributed by atoms with Crippen LogP contribution < -0.4 is 5.32 Å². The van der Waals surface area contributed by atoms with Crippen molar-refractivity contribution in [2.45, 2.75) is 40.5 Å². The Kier molecular flexibility index (Phi) is 5.16. The zero-order valence-electron chi connectivity index (χ0n) is 13.7. The molecular weight excluding hydrogens is 300 g/mol. The van der Waals surface area contributed by atoms with Gasteiger partial charge >= 0.3 is 0 Å². The zero-order chi connectivity index (χ0) is 16.3. The van der Waals surface area contributed by atoms with E-state index in [1.54, 1.807) is 0 Å². The third-order valence-electron chi connectivity index (χ3n) is 3.98. The van der Waals surface area contributed by atoms with E-state index in [0.717, 1.165) is 37.5 Å². The molecule has 0 bridgehead atoms. The van der Waals surface area contributed by atoms with Gasteiger partial charge in [0.2, 0.25) is 5.91 Å². The standard InChI is InChI=1S/C15H24N4O2S/c1-10-12(22-18-17-10)13(20)19-7-5-11(6-8-19)9-16-14(21)15(2,3)4/h11H,5-9H2,1-4H3,(H,16,21). The summed E-state index contributed by atoms with van der Waals surface area (Å²) in [7, 11) is 0. The van der Waals surface area contributed by atoms with Crippen molar-refractivity contribution in [1.82, 2.24) is 19.8 Å². The predicted molar refractivity (Wildman–Crippen MR) is 85.7 cm³/mol. The highest BCUT2D eigenvalue weighted by molar-refractivity contribution is 7.07. The van der Waals surface area contributed by atoms with Crippen molar-refractivity contribution in [1.29, 1.82) is 0 Å². The summed E-state index contributed by atoms with van der Waals surface area (Å²) < 4.78 is 3.82. The van der Waals surface area contributed by atoms with Crippen LogP contribution in [-0.2, 0) is 4.79 Å². The summed E-state index contributed by atoms with van der Waals surface area (Å²) in [6, 6.07) is 0. The smallest absolute Gasteiger partial charge is 0.267 e. The molecule has 7 heteroatoms. The summed E-state index contributed by atoms with van der Waals surface area (Å²) in [5, 5.41) is 6.91. The van der Waals surface area contributed by atoms with E-state index in [0.29, 0.717) is 23.0 Å². The Morgan fingerprint density at radius 3 is 2.45 bits per heavy atom. The van der Waals surface area contributed by atoms with Gasteiger partial charge in [-0.15, -0.1) is 5.10 Å². The Hall–Kier alpha value is -1.50. The molecule has 0 aromatic carbocycles. The SMILES string of the molecule is Cc1nnsc1C(=O)N1CCC(CNC(=O)C(C)(C)C)CC1. The quantitative estimate of drug-likeness (QED) is 0.921. The second-order valence-corrected chi connectivity index (χ2v) is 7.64. The van der Waals surface area contributed by atoms with Crippen LogP contribution in [0.4, 0.5) is 0 Å². The number of hydrogen-bond donors (Lipinski definition) is 1. The Balaban J connectivity index is 1.80. The van der Waals surface area contributed by atoms with Gasteiger partial charge in [0.15, 0.2) is 0 Å². The maximum atomic E-state index is 12.4. The number of rotatable bonds is 3. The third-order valence-corrected chi connectivity index (χ3v) is 4.80. The molecule has 122 valence electrons. The molecule has 0 unspecified atom stereocenters. The van der Waals surface area contributed by atoms with Crippen molar-refractivity contribution in [2.24, 2.45) is 11.3 Å². The molecule has 6 nitrogen and oxygen atoms in total. The van der Waals surface area contributed by atoms with E-state index in [4.69, 9.17) is 0 Å². The van der Waals surface area contributed by atoms with Gasteiger partial charge < -0.3 is 10.2 Å². The Bertz CT molecular complexity index is 542. The van der Waals surface area contributed by atoms with Gasteiger partial charge in [0.25, 0.3) is 5.91 Å². The average Bonchev–Trinajstić information content (AvgIpc) is 2.89. The molecule has 1 aliphatic rings. The number of nitrogens with one attached hydrogen (secondary N) is 1. The lowest BCUT2D eigenvalue weighted by atomic mass is 9.93. The van der Waals surface area contributed by atoms with E-state index in [1.165, 1.54) is 0 Å². The number of carbonyl (C=O) groups excluding carboxylic acids is 2. The molecule has 2 amide bonds. The number of aryl methyl sites for hydroxylation is 1. The lowest BCUT2D eigenvalue weighted by molar-refractivity contribution is -0.128. The van der Waals surface area contributed by atoms with Gasteiger partial charge in [0, 0.05) is 25.0 Å². The van der Waals surface area contributed by atoms with E-state index < -0.39 is 0 Å². The molecule has 1 N–H and O–H groups in total. The lowest BCUT2D eigenvalue weighted by Gasteiger charge is -2.32. The number of piperidine rings is 1. The Morgan fingerprint density at radius 1 is 1.32 bits per heavy atom. The van der Waals surface area contributed by atoms with Gasteiger partial charge in [-0.05, 0) is 37.2 Å². The van der Waals surface area contributed by atoms with Crippen LogP contribution in [0.2, 0.25) is 0 Å². The maximum absolute atomic E-state index is 12.4. The fourth-order valence-electron chi connectivity index (χ4n) is 2.41. The van der Waals surface area contributed by atoms with Crippen LogP contribution in [0.15, 0.2) is 0 Å². The number of likely N-dealkylation sites (tertiary alicyclic amines) is 1. The summed E-state index contributed by atoms with van der Waals surface area (Å²) in [5.41, 5.74) is 0.349. The van der Waals surface area contributed by atoms with Gasteiger partial charge in [0.1, 0.15) is 4.88 Å². The summed E-state index contributed by atoms with van der Waals surface area (Å²) in [6.07, 6.45) is 1.84. The molecule has 1 saturated heterocycles. The highest BCUT2D eigenvalue weighted by Crippen LogP contribution is 2.21. The van der Waals surface area contributed by atoms with E-state index in [2.05, 4.69) is 14.9 Å². The molecule has 1 aliphatic heterocycles. The second-order valence-electron chi connectivity index (χ2n) is 6.88. The van der Waals surface area contributed by atoms with E-state index in [-0.39, 0.29) is 17.2 Å². The number of carbonyl (C=O) groups is 2. The van der Waals surface area contributed by atoms with Crippen LogP contribution >= 0.6 is 11.5 Å². The molecule has 0 atom stereocenters. The molecule has 0 saturated carbocycles. The molecule has 1 aromatic heterocycles. The fourth-order valence-corrected chi connectivity index (χ4v) is 3.04. The lowest BCUT2D eigenvalue weighted by Crippen LogP contribution is -2.43. The molecular formula is C15H24N4O2S. The third kappa shape index (κ3) is 4.03. The number of amides is 2. The van der Waals surface area contributed by atoms with Crippen LogP contribution in [0.3, 0.4) is 0 Å². The van der Waals surface area contributed by atoms with Crippen LogP contribution in [0.1, 0.15) is 49.0 Å². The van der Waals surface area contributed by atoms with Crippen molar-refractivity contribution in [2.75, 3.05) is 19.6 Å². The Labute approximate surface area is 135 Å². The molecule has 1 fully saturated rings. The summed E-state index contributed by atoms with van der Waals surface area (Å²) in [5.74, 6) is 0.554. The fraction of sp³-hybridized carbons (Fsp3) is 0.733. The van der Waals surface area contributed by atoms with Gasteiger partial charge in [-0.25, -0.2) is 0 Å². The number of aromatic nitrogens is 2. The maximum Gasteiger partial charge on any atom is 0.267 e. The monoisotopic (exact) mass is 324 g/mol. The molecule has 22 heavy (non-hydrogen) atoms. The normalized spacial score (nSPS) is 16.6. The molecule has 0 radical (unpaired) electrons. The van der Waals surface area contributed by atoms with Crippen molar-refractivity contribution in [3.63, 3.8) is 0 Å². The first-order valence-electron chi connectivity index (χ1n) is 7.65. The molecule has 0 aliphatic carbocycles. The second kappa shape index (κ2) is 6.73. The van der Waals surface area contributed by atoms with Crippen molar-refractivity contribution >= 4 is 23.3 Å². The van der Waals surface area contributed by atoms with Crippen molar-refractivity contribution < 1.29 is 9.59 Å². The average molecular weight is 324 g/mol. The molecule has 2 heterocycles. The summed E-state index contributed by atoms with van der Waals surface area (Å²) in [6.45, 7) is 9.70. The topological polar surface area (TPSA) is 75.2 Å². The Morgan fingerprint density at radius 2 is 1.95 bits per heavy atom. The molecule has 0 spiro atoms. The largest absolute Gasteiger partial charge is 0.355 e. The number of nitrogens with zero attached hydrogens (tertiary/aromatic N) is 3. The first-order chi connectivity index (χ1) is 10.3. The van der Waals surface area contributed by atoms with Crippen LogP contribution in [-0.4, -0.2) is 45.9 Å². The van der Waals surface area contributed by atoms with Gasteiger partial charge in [-0.2, -0.15) is 0 Å². The first kappa shape index (κ1) is 16.9. The minimum absolute atomic E-state index is 0.0321. The van der Waals surface area contributed by atoms with E-state index in [9.17, 15) is 9.59 Å². The first-order valence-corrected chi connectivity index (χ1v) is 8.43. The van der Waals surface area contributed by atoms with Gasteiger partial charge in [0.05, 0.1) is 5.69 Å². The highest BCUT2D eigenvalue weighted by Gasteiger charge is 2.27. The molecule has 2 rings (SSSR count). The van der Waals surface area contributed by atoms with Crippen LogP contribution in [0.25, 0.3) is 0 Å². The van der Waals surface area contributed by atoms with E-state index in [1.807, 2.05) is 32.6 Å². The minimum atomic E-state index is -0.354. The minimum Gasteiger partial charge on any atom is -0.355 e. The van der Waals surface area contributed by atoms with Crippen LogP contribution in [0, 0.1) is 18.3 Å². The van der Waals surface area contributed by atoms with Gasteiger partial charge in [-0.3, -0.25) is 9.59 Å². The summed E-state index contributed by atoms with van der Waals surface area (Å²) in [4.78, 5) is 26.8. The van der Waals surface area contributed by atoms with E-state index >= 15 is 0 Å². The van der Waals surface area contributed by atoms with Crippen molar-refractivity contribution in [3.05, 3.63) is 10.6 Å². The molecule has 1 aromatic rings. The summed E-state index contributed by atoms with van der Waals surface area (Å²) >= 11 is 1.16. The zero-order valence-corrected chi connectivity index (χ0v) is 14.5. The van der Waals surface area contributed by atoms with Gasteiger partial charge in [-0.1, -0.05) is 25.3 Å². The highest BCUT2D eigenvalue weighted by atomic mass is 32.1. The van der Waals surface area contributed by atoms with Crippen molar-refractivity contribution in [3.8, 4) is 0 Å². The predicted octanol–water partition coefficient (Wildman–Crippen LogP) is 1.86.